The lowest BCUT2D eigenvalue weighted by Gasteiger charge is -2.30. The van der Waals surface area contributed by atoms with E-state index >= 15 is 0 Å². The minimum Gasteiger partial charge on any atom is -0.436 e. The summed E-state index contributed by atoms with van der Waals surface area (Å²) < 4.78 is 11.0. The van der Waals surface area contributed by atoms with Gasteiger partial charge < -0.3 is 24.6 Å². The number of nitrogens with zero attached hydrogens (tertiary/aromatic N) is 3. The molecule has 0 aliphatic carbocycles. The smallest absolute Gasteiger partial charge is 0.410 e. The molecule has 0 aromatic heterocycles. The Kier molecular flexibility index (Phi) is 7.11. The number of carbonyl (C=O) groups excluding carboxylic acids is 2. The van der Waals surface area contributed by atoms with E-state index in [1.54, 1.807) is 4.90 Å². The number of benzene rings is 2. The van der Waals surface area contributed by atoms with Crippen LogP contribution in [0.1, 0.15) is 18.9 Å². The molecule has 0 spiro atoms. The first kappa shape index (κ1) is 23.0. The van der Waals surface area contributed by atoms with Crippen molar-refractivity contribution >= 4 is 22.8 Å². The van der Waals surface area contributed by atoms with Crippen molar-refractivity contribution in [2.45, 2.75) is 31.4 Å². The van der Waals surface area contributed by atoms with Crippen molar-refractivity contribution in [2.24, 2.45) is 0 Å². The molecule has 0 radical (unpaired) electrons. The standard InChI is InChI=1S/C25H30N4O4/c1-2-28-10-9-25(17-26,18-28)27-23(30)22(33-24(31)29-11-13-32-14-12-29)16-19-7-8-20-5-3-4-6-21(20)15-19/h3-8,15,22H,2,9-14,16,18H2,1H3,(H,27,30)/t22-,25?/m0/s1. The molecular weight excluding hydrogens is 420 g/mol. The van der Waals surface area contributed by atoms with Gasteiger partial charge in [-0.2, -0.15) is 5.26 Å². The molecule has 2 heterocycles. The second kappa shape index (κ2) is 10.2. The van der Waals surface area contributed by atoms with Gasteiger partial charge in [-0.05, 0) is 29.3 Å². The van der Waals surface area contributed by atoms with Crippen molar-refractivity contribution in [3.8, 4) is 6.07 Å². The summed E-state index contributed by atoms with van der Waals surface area (Å²) in [6.45, 7) is 5.79. The molecule has 2 aromatic carbocycles. The van der Waals surface area contributed by atoms with Crippen LogP contribution in [0.3, 0.4) is 0 Å². The van der Waals surface area contributed by atoms with Crippen molar-refractivity contribution in [3.63, 3.8) is 0 Å². The molecule has 4 rings (SSSR count). The van der Waals surface area contributed by atoms with Crippen molar-refractivity contribution in [1.82, 2.24) is 15.1 Å². The Bertz CT molecular complexity index is 1050. The molecule has 0 bridgehead atoms. The number of likely N-dealkylation sites (tertiary alicyclic amines) is 1. The summed E-state index contributed by atoms with van der Waals surface area (Å²) in [5.74, 6) is -0.440. The Morgan fingerprint density at radius 3 is 2.64 bits per heavy atom. The van der Waals surface area contributed by atoms with Crippen LogP contribution < -0.4 is 5.32 Å². The largest absolute Gasteiger partial charge is 0.436 e. The molecule has 2 saturated heterocycles. The Balaban J connectivity index is 1.53. The highest BCUT2D eigenvalue weighted by Crippen LogP contribution is 2.22. The first-order valence-electron chi connectivity index (χ1n) is 11.5. The molecule has 2 fully saturated rings. The van der Waals surface area contributed by atoms with Crippen molar-refractivity contribution in [2.75, 3.05) is 45.9 Å². The van der Waals surface area contributed by atoms with E-state index in [-0.39, 0.29) is 6.42 Å². The van der Waals surface area contributed by atoms with Gasteiger partial charge in [0.15, 0.2) is 6.10 Å². The average molecular weight is 451 g/mol. The fourth-order valence-electron chi connectivity index (χ4n) is 4.41. The summed E-state index contributed by atoms with van der Waals surface area (Å²) in [5, 5.41) is 14.9. The molecule has 2 aliphatic rings. The number of fused-ring (bicyclic) bond motifs is 1. The van der Waals surface area contributed by atoms with Gasteiger partial charge in [0.2, 0.25) is 0 Å². The Hall–Kier alpha value is -3.15. The average Bonchev–Trinajstić information content (AvgIpc) is 3.27. The highest BCUT2D eigenvalue weighted by Gasteiger charge is 2.41. The second-order valence-corrected chi connectivity index (χ2v) is 8.66. The third-order valence-corrected chi connectivity index (χ3v) is 6.41. The lowest BCUT2D eigenvalue weighted by molar-refractivity contribution is -0.131. The SMILES string of the molecule is CCN1CCC(C#N)(NC(=O)[C@H](Cc2ccc3ccccc3c2)OC(=O)N2CCOCC2)C1. The third kappa shape index (κ3) is 5.44. The van der Waals surface area contributed by atoms with Crippen molar-refractivity contribution in [1.29, 1.82) is 5.26 Å². The summed E-state index contributed by atoms with van der Waals surface area (Å²) in [4.78, 5) is 29.8. The lowest BCUT2D eigenvalue weighted by Crippen LogP contribution is -2.54. The molecule has 2 aliphatic heterocycles. The number of amides is 2. The number of ether oxygens (including phenoxy) is 2. The topological polar surface area (TPSA) is 94.9 Å². The van der Waals surface area contributed by atoms with E-state index in [1.807, 2.05) is 49.4 Å². The van der Waals surface area contributed by atoms with Gasteiger partial charge >= 0.3 is 6.09 Å². The quantitative estimate of drug-likeness (QED) is 0.726. The molecule has 33 heavy (non-hydrogen) atoms. The first-order valence-corrected chi connectivity index (χ1v) is 11.5. The maximum Gasteiger partial charge on any atom is 0.410 e. The molecule has 2 atom stereocenters. The van der Waals surface area contributed by atoms with E-state index in [0.717, 1.165) is 29.4 Å². The molecule has 2 aromatic rings. The minimum atomic E-state index is -1.04. The zero-order valence-corrected chi connectivity index (χ0v) is 19.0. The van der Waals surface area contributed by atoms with Gasteiger partial charge in [0.1, 0.15) is 5.54 Å². The zero-order chi connectivity index (χ0) is 23.3. The first-order chi connectivity index (χ1) is 16.0. The van der Waals surface area contributed by atoms with Crippen LogP contribution in [-0.2, 0) is 20.7 Å². The summed E-state index contributed by atoms with van der Waals surface area (Å²) >= 11 is 0. The minimum absolute atomic E-state index is 0.228. The Morgan fingerprint density at radius 2 is 1.94 bits per heavy atom. The van der Waals surface area contributed by atoms with Gasteiger partial charge in [0, 0.05) is 32.6 Å². The van der Waals surface area contributed by atoms with Gasteiger partial charge in [0.05, 0.1) is 19.3 Å². The van der Waals surface area contributed by atoms with E-state index in [0.29, 0.717) is 39.3 Å². The van der Waals surface area contributed by atoms with Crippen LogP contribution in [0.2, 0.25) is 0 Å². The van der Waals surface area contributed by atoms with Gasteiger partial charge in [-0.25, -0.2) is 4.79 Å². The molecule has 2 amide bonds. The lowest BCUT2D eigenvalue weighted by atomic mass is 9.98. The maximum atomic E-state index is 13.3. The molecule has 8 heteroatoms. The highest BCUT2D eigenvalue weighted by atomic mass is 16.6. The van der Waals surface area contributed by atoms with Crippen molar-refractivity contribution in [3.05, 3.63) is 48.0 Å². The molecule has 0 saturated carbocycles. The highest BCUT2D eigenvalue weighted by molar-refractivity contribution is 5.86. The maximum absolute atomic E-state index is 13.3. The summed E-state index contributed by atoms with van der Waals surface area (Å²) in [6.07, 6.45) is -0.802. The number of carbonyl (C=O) groups is 2. The van der Waals surface area contributed by atoms with Gasteiger partial charge in [-0.1, -0.05) is 49.4 Å². The fourth-order valence-corrected chi connectivity index (χ4v) is 4.41. The fraction of sp³-hybridized carbons (Fsp3) is 0.480. The molecule has 1 unspecified atom stereocenters. The number of nitriles is 1. The van der Waals surface area contributed by atoms with Crippen LogP contribution in [0, 0.1) is 11.3 Å². The number of likely N-dealkylation sites (N-methyl/N-ethyl adjacent to an activating group) is 1. The van der Waals surface area contributed by atoms with E-state index < -0.39 is 23.6 Å². The van der Waals surface area contributed by atoms with Crippen LogP contribution in [0.4, 0.5) is 4.79 Å². The summed E-state index contributed by atoms with van der Waals surface area (Å²) in [7, 11) is 0. The van der Waals surface area contributed by atoms with E-state index in [4.69, 9.17) is 9.47 Å². The van der Waals surface area contributed by atoms with E-state index in [1.165, 1.54) is 0 Å². The Morgan fingerprint density at radius 1 is 1.18 bits per heavy atom. The number of nitrogens with one attached hydrogen (secondary N) is 1. The summed E-state index contributed by atoms with van der Waals surface area (Å²) in [5.41, 5.74) is -0.0867. The van der Waals surface area contributed by atoms with Crippen molar-refractivity contribution < 1.29 is 19.1 Å². The monoisotopic (exact) mass is 450 g/mol. The third-order valence-electron chi connectivity index (χ3n) is 6.41. The van der Waals surface area contributed by atoms with Gasteiger partial charge in [0.25, 0.3) is 5.91 Å². The summed E-state index contributed by atoms with van der Waals surface area (Å²) in [6, 6.07) is 16.2. The molecule has 1 N–H and O–H groups in total. The normalized spacial score (nSPS) is 22.0. The van der Waals surface area contributed by atoms with E-state index in [2.05, 4.69) is 16.3 Å². The van der Waals surface area contributed by atoms with Crippen LogP contribution in [-0.4, -0.2) is 79.4 Å². The van der Waals surface area contributed by atoms with Gasteiger partial charge in [-0.15, -0.1) is 0 Å². The van der Waals surface area contributed by atoms with Crippen LogP contribution in [0.25, 0.3) is 10.8 Å². The Labute approximate surface area is 194 Å². The number of morpholine rings is 1. The van der Waals surface area contributed by atoms with E-state index in [9.17, 15) is 14.9 Å². The molecular formula is C25H30N4O4. The number of rotatable bonds is 6. The predicted octanol–water partition coefficient (Wildman–Crippen LogP) is 2.32. The van der Waals surface area contributed by atoms with Crippen LogP contribution in [0.15, 0.2) is 42.5 Å². The van der Waals surface area contributed by atoms with Gasteiger partial charge in [-0.3, -0.25) is 4.79 Å². The van der Waals surface area contributed by atoms with Crippen LogP contribution >= 0.6 is 0 Å². The molecule has 174 valence electrons. The second-order valence-electron chi connectivity index (χ2n) is 8.66. The molecule has 8 nitrogen and oxygen atoms in total. The number of hydrogen-bond donors (Lipinski definition) is 1. The predicted molar refractivity (Wildman–Crippen MR) is 124 cm³/mol. The zero-order valence-electron chi connectivity index (χ0n) is 19.0. The van der Waals surface area contributed by atoms with Crippen LogP contribution in [0.5, 0.6) is 0 Å². The number of hydrogen-bond acceptors (Lipinski definition) is 6.